The summed E-state index contributed by atoms with van der Waals surface area (Å²) in [5.74, 6) is -0.861. The fourth-order valence-corrected chi connectivity index (χ4v) is 3.85. The molecule has 5 nitrogen and oxygen atoms in total. The SMILES string of the molecule is [2H]C1([2H])ONC(=O)c2cccc3[nH]c(-c4ccc(C5CCCN5)c(F)c4)c1c23. The second kappa shape index (κ2) is 5.93. The zero-order valence-corrected chi connectivity index (χ0v) is 13.9. The molecule has 3 aromatic rings. The summed E-state index contributed by atoms with van der Waals surface area (Å²) in [5.41, 5.74) is 4.74. The second-order valence-corrected chi connectivity index (χ2v) is 6.62. The molecule has 3 heterocycles. The summed E-state index contributed by atoms with van der Waals surface area (Å²) in [5, 5.41) is 3.73. The minimum Gasteiger partial charge on any atom is -0.354 e. The maximum atomic E-state index is 14.9. The van der Waals surface area contributed by atoms with Gasteiger partial charge in [-0.3, -0.25) is 9.63 Å². The lowest BCUT2D eigenvalue weighted by Gasteiger charge is -2.13. The molecule has 2 aliphatic heterocycles. The molecule has 2 aliphatic rings. The Kier molecular flexibility index (Phi) is 3.08. The van der Waals surface area contributed by atoms with Crippen LogP contribution in [0.5, 0.6) is 0 Å². The van der Waals surface area contributed by atoms with Crippen LogP contribution < -0.4 is 10.8 Å². The summed E-state index contributed by atoms with van der Waals surface area (Å²) in [4.78, 5) is 20.5. The highest BCUT2D eigenvalue weighted by molar-refractivity contribution is 6.09. The highest BCUT2D eigenvalue weighted by atomic mass is 19.1. The number of halogens is 1. The Bertz CT molecular complexity index is 1110. The van der Waals surface area contributed by atoms with Gasteiger partial charge >= 0.3 is 0 Å². The molecular formula is C20H18FN3O2. The van der Waals surface area contributed by atoms with Gasteiger partial charge in [0.15, 0.2) is 0 Å². The van der Waals surface area contributed by atoms with Crippen molar-refractivity contribution in [3.63, 3.8) is 0 Å². The number of hydrogen-bond acceptors (Lipinski definition) is 3. The third kappa shape index (κ3) is 2.34. The summed E-state index contributed by atoms with van der Waals surface area (Å²) in [6.07, 6.45) is 1.90. The molecule has 3 N–H and O–H groups in total. The maximum absolute atomic E-state index is 14.9. The molecule has 0 bridgehead atoms. The van der Waals surface area contributed by atoms with Crippen molar-refractivity contribution >= 4 is 16.8 Å². The van der Waals surface area contributed by atoms with Crippen molar-refractivity contribution in [3.8, 4) is 11.3 Å². The normalized spacial score (nSPS) is 22.7. The lowest BCUT2D eigenvalue weighted by atomic mass is 9.99. The first-order valence-electron chi connectivity index (χ1n) is 9.62. The Balaban J connectivity index is 1.72. The van der Waals surface area contributed by atoms with E-state index >= 15 is 0 Å². The van der Waals surface area contributed by atoms with E-state index in [9.17, 15) is 9.18 Å². The summed E-state index contributed by atoms with van der Waals surface area (Å²) in [6, 6.07) is 10.00. The smallest absolute Gasteiger partial charge is 0.275 e. The van der Waals surface area contributed by atoms with E-state index in [2.05, 4.69) is 15.8 Å². The molecule has 2 aromatic carbocycles. The van der Waals surface area contributed by atoms with Crippen molar-refractivity contribution in [3.05, 3.63) is 58.9 Å². The highest BCUT2D eigenvalue weighted by Gasteiger charge is 2.24. The van der Waals surface area contributed by atoms with Gasteiger partial charge in [0.2, 0.25) is 0 Å². The van der Waals surface area contributed by atoms with E-state index in [1.165, 1.54) is 6.07 Å². The van der Waals surface area contributed by atoms with Gasteiger partial charge in [-0.05, 0) is 37.6 Å². The van der Waals surface area contributed by atoms with Gasteiger partial charge in [0.25, 0.3) is 5.91 Å². The van der Waals surface area contributed by atoms with Gasteiger partial charge in [0.05, 0.1) is 14.0 Å². The van der Waals surface area contributed by atoms with Gasteiger partial charge in [0, 0.05) is 33.6 Å². The maximum Gasteiger partial charge on any atom is 0.275 e. The second-order valence-electron chi connectivity index (χ2n) is 6.62. The molecule has 0 saturated carbocycles. The molecule has 1 aromatic heterocycles. The van der Waals surface area contributed by atoms with Crippen molar-refractivity contribution < 1.29 is 16.8 Å². The van der Waals surface area contributed by atoms with Crippen LogP contribution in [0.25, 0.3) is 22.2 Å². The number of rotatable bonds is 2. The van der Waals surface area contributed by atoms with Gasteiger partial charge in [-0.1, -0.05) is 18.2 Å². The minimum absolute atomic E-state index is 0.00140. The predicted octanol–water partition coefficient (Wildman–Crippen LogP) is 3.57. The average molecular weight is 353 g/mol. The zero-order chi connectivity index (χ0) is 19.5. The van der Waals surface area contributed by atoms with Crippen LogP contribution >= 0.6 is 0 Å². The Morgan fingerprint density at radius 1 is 1.27 bits per heavy atom. The lowest BCUT2D eigenvalue weighted by molar-refractivity contribution is 0.0256. The van der Waals surface area contributed by atoms with Crippen LogP contribution in [0, 0.1) is 5.82 Å². The summed E-state index contributed by atoms with van der Waals surface area (Å²) in [7, 11) is 0. The van der Waals surface area contributed by atoms with Gasteiger partial charge in [-0.15, -0.1) is 0 Å². The lowest BCUT2D eigenvalue weighted by Crippen LogP contribution is -2.21. The molecule has 1 saturated heterocycles. The number of aromatic nitrogens is 1. The Morgan fingerprint density at radius 3 is 3.00 bits per heavy atom. The molecule has 1 amide bonds. The molecular weight excluding hydrogens is 333 g/mol. The van der Waals surface area contributed by atoms with E-state index in [0.29, 0.717) is 33.3 Å². The van der Waals surface area contributed by atoms with Gasteiger partial charge in [-0.2, -0.15) is 0 Å². The largest absolute Gasteiger partial charge is 0.354 e. The molecule has 26 heavy (non-hydrogen) atoms. The molecule has 1 fully saturated rings. The first-order valence-corrected chi connectivity index (χ1v) is 8.62. The summed E-state index contributed by atoms with van der Waals surface area (Å²) >= 11 is 0. The number of H-pyrrole nitrogens is 1. The molecule has 1 unspecified atom stereocenters. The molecule has 5 rings (SSSR count). The topological polar surface area (TPSA) is 66.1 Å². The highest BCUT2D eigenvalue weighted by Crippen LogP contribution is 2.36. The van der Waals surface area contributed by atoms with Gasteiger partial charge in [-0.25, -0.2) is 9.87 Å². The van der Waals surface area contributed by atoms with Crippen LogP contribution in [0.2, 0.25) is 0 Å². The number of hydroxylamine groups is 1. The van der Waals surface area contributed by atoms with Crippen molar-refractivity contribution in [1.82, 2.24) is 15.8 Å². The Hall–Kier alpha value is -2.70. The molecule has 6 heteroatoms. The van der Waals surface area contributed by atoms with Crippen LogP contribution in [0.4, 0.5) is 4.39 Å². The summed E-state index contributed by atoms with van der Waals surface area (Å²) < 4.78 is 31.5. The average Bonchev–Trinajstić information content (AvgIpc) is 3.31. The standard InChI is InChI=1S/C20H18FN3O2/c21-15-9-11(6-7-12(15)16-5-2-8-22-16)19-14-10-26-24-20(25)13-3-1-4-17(23-19)18(13)14/h1,3-4,6-7,9,16,22-23H,2,5,8,10H2,(H,24,25)/i10D2. The van der Waals surface area contributed by atoms with Crippen LogP contribution in [0.15, 0.2) is 36.4 Å². The third-order valence-corrected chi connectivity index (χ3v) is 5.09. The molecule has 0 spiro atoms. The number of carbonyl (C=O) groups excluding carboxylic acids is 1. The quantitative estimate of drug-likeness (QED) is 0.660. The molecule has 132 valence electrons. The number of nitrogens with one attached hydrogen (secondary N) is 3. The summed E-state index contributed by atoms with van der Waals surface area (Å²) in [6.45, 7) is -1.41. The minimum atomic E-state index is -2.28. The number of amides is 1. The third-order valence-electron chi connectivity index (χ3n) is 5.09. The van der Waals surface area contributed by atoms with E-state index < -0.39 is 12.5 Å². The van der Waals surface area contributed by atoms with E-state index in [4.69, 9.17) is 7.58 Å². The first kappa shape index (κ1) is 13.5. The van der Waals surface area contributed by atoms with Gasteiger partial charge < -0.3 is 10.3 Å². The van der Waals surface area contributed by atoms with Crippen LogP contribution in [-0.4, -0.2) is 17.4 Å². The monoisotopic (exact) mass is 353 g/mol. The molecule has 0 radical (unpaired) electrons. The zero-order valence-electron chi connectivity index (χ0n) is 15.9. The Labute approximate surface area is 152 Å². The number of hydrogen-bond donors (Lipinski definition) is 3. The van der Waals surface area contributed by atoms with E-state index in [-0.39, 0.29) is 17.4 Å². The van der Waals surface area contributed by atoms with E-state index in [1.54, 1.807) is 30.3 Å². The number of aromatic amines is 1. The fourth-order valence-electron chi connectivity index (χ4n) is 3.85. The van der Waals surface area contributed by atoms with Crippen LogP contribution in [0.3, 0.4) is 0 Å². The Morgan fingerprint density at radius 2 is 2.19 bits per heavy atom. The van der Waals surface area contributed by atoms with Crippen molar-refractivity contribution in [2.24, 2.45) is 0 Å². The fraction of sp³-hybridized carbons (Fsp3) is 0.250. The molecule has 0 aliphatic carbocycles. The first-order chi connectivity index (χ1) is 13.5. The van der Waals surface area contributed by atoms with Crippen LogP contribution in [0.1, 0.15) is 43.1 Å². The van der Waals surface area contributed by atoms with Crippen LogP contribution in [-0.2, 0) is 11.4 Å². The number of carbonyl (C=O) groups is 1. The molecule has 1 atom stereocenters. The van der Waals surface area contributed by atoms with Crippen molar-refractivity contribution in [1.29, 1.82) is 0 Å². The number of benzene rings is 2. The van der Waals surface area contributed by atoms with E-state index in [1.807, 2.05) is 0 Å². The van der Waals surface area contributed by atoms with Crippen molar-refractivity contribution in [2.45, 2.75) is 25.4 Å². The van der Waals surface area contributed by atoms with Crippen molar-refractivity contribution in [2.75, 3.05) is 6.54 Å². The predicted molar refractivity (Wildman–Crippen MR) is 95.9 cm³/mol. The van der Waals surface area contributed by atoms with E-state index in [0.717, 1.165) is 19.4 Å². The van der Waals surface area contributed by atoms with Gasteiger partial charge in [0.1, 0.15) is 12.4 Å².